The number of hydrogen-bond acceptors (Lipinski definition) is 8. The quantitative estimate of drug-likeness (QED) is 0.0860. The Balaban J connectivity index is 1.41. The summed E-state index contributed by atoms with van der Waals surface area (Å²) >= 11 is 0. The third kappa shape index (κ3) is 12.3. The molecule has 0 bridgehead atoms. The van der Waals surface area contributed by atoms with Gasteiger partial charge >= 0.3 is 12.1 Å². The van der Waals surface area contributed by atoms with Crippen molar-refractivity contribution >= 4 is 29.6 Å². The Morgan fingerprint density at radius 3 is 2.00 bits per heavy atom. The van der Waals surface area contributed by atoms with Crippen LogP contribution in [0.1, 0.15) is 64.7 Å². The molecule has 60 heavy (non-hydrogen) atoms. The lowest BCUT2D eigenvalue weighted by Crippen LogP contribution is -2.59. The number of alkyl carbamates (subject to hydrolysis) is 1. The van der Waals surface area contributed by atoms with E-state index in [-0.39, 0.29) is 24.8 Å². The highest BCUT2D eigenvalue weighted by Gasteiger charge is 2.44. The molecule has 13 nitrogen and oxygen atoms in total. The summed E-state index contributed by atoms with van der Waals surface area (Å²) in [6, 6.07) is 27.0. The van der Waals surface area contributed by atoms with Crippen LogP contribution in [0.5, 0.6) is 0 Å². The van der Waals surface area contributed by atoms with Crippen molar-refractivity contribution in [1.82, 2.24) is 30.7 Å². The van der Waals surface area contributed by atoms with Crippen LogP contribution in [0.2, 0.25) is 0 Å². The number of urea groups is 1. The second-order valence-corrected chi connectivity index (χ2v) is 17.8. The molecule has 5 rings (SSSR count). The van der Waals surface area contributed by atoms with Crippen LogP contribution >= 0.6 is 0 Å². The number of nitrogen functional groups attached to an aromatic ring is 1. The van der Waals surface area contributed by atoms with Gasteiger partial charge in [0.1, 0.15) is 12.1 Å². The minimum Gasteiger partial charge on any atom is -0.453 e. The summed E-state index contributed by atoms with van der Waals surface area (Å²) in [6.07, 6.45) is 0.526. The number of nitrogens with one attached hydrogen (secondary N) is 3. The number of nitrogens with two attached hydrogens (primary N) is 1. The molecule has 4 aromatic rings. The number of carbonyl (C=O) groups excluding carboxylic acids is 4. The fraction of sp³-hybridized carbons (Fsp3) is 0.426. The second-order valence-electron chi connectivity index (χ2n) is 17.8. The molecular weight excluding hydrogens is 759 g/mol. The first kappa shape index (κ1) is 45.1. The molecule has 5 atom stereocenters. The Morgan fingerprint density at radius 1 is 0.767 bits per heavy atom. The van der Waals surface area contributed by atoms with E-state index in [0.29, 0.717) is 31.7 Å². The van der Waals surface area contributed by atoms with Gasteiger partial charge in [-0.15, -0.1) is 0 Å². The van der Waals surface area contributed by atoms with Crippen LogP contribution in [0.3, 0.4) is 0 Å². The number of hydrogen-bond donors (Lipinski definition) is 5. The Kier molecular flexibility index (Phi) is 14.9. The summed E-state index contributed by atoms with van der Waals surface area (Å²) in [4.78, 5) is 62.7. The predicted octanol–water partition coefficient (Wildman–Crippen LogP) is 5.96. The van der Waals surface area contributed by atoms with E-state index >= 15 is 0 Å². The van der Waals surface area contributed by atoms with Gasteiger partial charge < -0.3 is 41.3 Å². The van der Waals surface area contributed by atoms with Gasteiger partial charge in [-0.2, -0.15) is 0 Å². The molecule has 5 amide bonds. The van der Waals surface area contributed by atoms with E-state index in [9.17, 15) is 24.3 Å². The summed E-state index contributed by atoms with van der Waals surface area (Å²) in [5, 5.41) is 21.2. The second kappa shape index (κ2) is 19.9. The number of ether oxygens (including phenoxy) is 1. The highest BCUT2D eigenvalue weighted by Crippen LogP contribution is 2.30. The molecule has 2 heterocycles. The highest BCUT2D eigenvalue weighted by atomic mass is 16.5. The number of aromatic nitrogens is 1. The number of amides is 5. The van der Waals surface area contributed by atoms with E-state index in [2.05, 4.69) is 20.9 Å². The molecule has 1 saturated heterocycles. The molecule has 13 heteroatoms. The summed E-state index contributed by atoms with van der Waals surface area (Å²) in [5.74, 6) is -0.825. The van der Waals surface area contributed by atoms with Gasteiger partial charge in [-0.1, -0.05) is 114 Å². The van der Waals surface area contributed by atoms with Crippen molar-refractivity contribution in [2.45, 2.75) is 97.6 Å². The van der Waals surface area contributed by atoms with Crippen molar-refractivity contribution in [2.75, 3.05) is 25.9 Å². The molecule has 0 saturated carbocycles. The maximum atomic E-state index is 14.6. The van der Waals surface area contributed by atoms with Crippen molar-refractivity contribution in [1.29, 1.82) is 0 Å². The smallest absolute Gasteiger partial charge is 0.407 e. The van der Waals surface area contributed by atoms with Gasteiger partial charge in [0, 0.05) is 43.1 Å². The SMILES string of the molecule is COC(=O)NC(C(=O)NC(Cc1ccc(-c2ccccn2)cc1)CC(O)C(Cc1ccccc1)NC(=O)C(N1CCN(Cc2ccc(N)cc2)C1=O)C(C)(C)C)C(C)(C)C. The first-order chi connectivity index (χ1) is 28.4. The maximum absolute atomic E-state index is 14.6. The maximum Gasteiger partial charge on any atom is 0.407 e. The molecule has 0 spiro atoms. The molecule has 3 aromatic carbocycles. The van der Waals surface area contributed by atoms with Crippen molar-refractivity contribution < 1.29 is 29.0 Å². The third-order valence-electron chi connectivity index (χ3n) is 10.8. The summed E-state index contributed by atoms with van der Waals surface area (Å²) in [7, 11) is 1.24. The van der Waals surface area contributed by atoms with Crippen LogP contribution in [0.25, 0.3) is 11.3 Å². The summed E-state index contributed by atoms with van der Waals surface area (Å²) in [6.45, 7) is 12.5. The van der Waals surface area contributed by atoms with Gasteiger partial charge in [0.05, 0.1) is 24.9 Å². The number of anilines is 1. The molecule has 1 aliphatic heterocycles. The molecule has 1 aliphatic rings. The van der Waals surface area contributed by atoms with Crippen LogP contribution in [0, 0.1) is 10.8 Å². The Hall–Kier alpha value is -5.95. The van der Waals surface area contributed by atoms with Gasteiger partial charge in [-0.3, -0.25) is 14.6 Å². The Bertz CT molecular complexity index is 2030. The van der Waals surface area contributed by atoms with Gasteiger partial charge in [0.15, 0.2) is 0 Å². The van der Waals surface area contributed by atoms with Gasteiger partial charge in [-0.25, -0.2) is 9.59 Å². The van der Waals surface area contributed by atoms with Crippen LogP contribution in [-0.2, 0) is 33.7 Å². The van der Waals surface area contributed by atoms with E-state index in [1.54, 1.807) is 28.1 Å². The molecule has 0 aliphatic carbocycles. The number of benzene rings is 3. The first-order valence-electron chi connectivity index (χ1n) is 20.5. The normalized spacial score (nSPS) is 15.7. The Labute approximate surface area is 354 Å². The van der Waals surface area contributed by atoms with E-state index in [0.717, 1.165) is 27.9 Å². The van der Waals surface area contributed by atoms with Gasteiger partial charge in [-0.05, 0) is 71.0 Å². The number of methoxy groups -OCH3 is 1. The molecule has 320 valence electrons. The number of carbonyl (C=O) groups is 4. The number of rotatable bonds is 16. The fourth-order valence-corrected chi connectivity index (χ4v) is 7.66. The monoisotopic (exact) mass is 819 g/mol. The van der Waals surface area contributed by atoms with Crippen LogP contribution in [0.4, 0.5) is 15.3 Å². The standard InChI is InChI=1S/C47H61N7O6/c1-46(2,3)40(52-44(58)60-7)42(56)50-36(27-32-16-20-34(21-17-32)37-15-11-12-24-49-37)29-39(55)38(28-31-13-9-8-10-14-31)51-43(57)41(47(4,5)6)54-26-25-53(45(54)59)30-33-18-22-35(48)23-19-33/h8-24,36,38-41,55H,25-30,48H2,1-7H3,(H,50,56)(H,51,57)(H,52,58). The Morgan fingerprint density at radius 2 is 1.40 bits per heavy atom. The minimum absolute atomic E-state index is 0.0544. The number of nitrogens with zero attached hydrogens (tertiary/aromatic N) is 3. The van der Waals surface area contributed by atoms with Crippen molar-refractivity contribution in [3.8, 4) is 11.3 Å². The van der Waals surface area contributed by atoms with Gasteiger partial charge in [0.25, 0.3) is 0 Å². The van der Waals surface area contributed by atoms with Crippen molar-refractivity contribution in [2.24, 2.45) is 10.8 Å². The van der Waals surface area contributed by atoms with Crippen molar-refractivity contribution in [3.05, 3.63) is 120 Å². The number of pyridine rings is 1. The zero-order chi connectivity index (χ0) is 43.6. The first-order valence-corrected chi connectivity index (χ1v) is 20.5. The number of aliphatic hydroxyl groups excluding tert-OH is 1. The van der Waals surface area contributed by atoms with Crippen LogP contribution in [-0.4, -0.2) is 94.3 Å². The lowest BCUT2D eigenvalue weighted by molar-refractivity contribution is -0.131. The van der Waals surface area contributed by atoms with E-state index in [4.69, 9.17) is 10.5 Å². The predicted molar refractivity (Wildman–Crippen MR) is 233 cm³/mol. The fourth-order valence-electron chi connectivity index (χ4n) is 7.66. The average molecular weight is 820 g/mol. The van der Waals surface area contributed by atoms with Crippen molar-refractivity contribution in [3.63, 3.8) is 0 Å². The molecule has 6 N–H and O–H groups in total. The van der Waals surface area contributed by atoms with E-state index < -0.39 is 53.1 Å². The third-order valence-corrected chi connectivity index (χ3v) is 10.8. The molecule has 5 unspecified atom stereocenters. The highest BCUT2D eigenvalue weighted by molar-refractivity contribution is 5.89. The largest absolute Gasteiger partial charge is 0.453 e. The van der Waals surface area contributed by atoms with E-state index in [1.807, 2.05) is 126 Å². The molecule has 0 radical (unpaired) electrons. The summed E-state index contributed by atoms with van der Waals surface area (Å²) < 4.78 is 4.84. The number of aliphatic hydroxyl groups is 1. The minimum atomic E-state index is -1.15. The van der Waals surface area contributed by atoms with Crippen LogP contribution in [0.15, 0.2) is 103 Å². The molecule has 1 aromatic heterocycles. The molecular formula is C47H61N7O6. The topological polar surface area (TPSA) is 179 Å². The molecule has 1 fully saturated rings. The zero-order valence-corrected chi connectivity index (χ0v) is 35.9. The lowest BCUT2D eigenvalue weighted by atomic mass is 9.84. The average Bonchev–Trinajstić information content (AvgIpc) is 3.55. The summed E-state index contributed by atoms with van der Waals surface area (Å²) in [5.41, 5.74) is 9.64. The lowest BCUT2D eigenvalue weighted by Gasteiger charge is -2.38. The zero-order valence-electron chi connectivity index (χ0n) is 35.9. The van der Waals surface area contributed by atoms with E-state index in [1.165, 1.54) is 7.11 Å². The van der Waals surface area contributed by atoms with Crippen LogP contribution < -0.4 is 21.7 Å². The van der Waals surface area contributed by atoms with Gasteiger partial charge in [0.2, 0.25) is 11.8 Å².